The molecule has 0 heterocycles. The topological polar surface area (TPSA) is 237 Å². The molecular formula is C77H150O17P2. The highest BCUT2D eigenvalue weighted by Crippen LogP contribution is 2.45. The Morgan fingerprint density at radius 2 is 0.500 bits per heavy atom. The average Bonchev–Trinajstić information content (AvgIpc) is 1.30. The third-order valence-corrected chi connectivity index (χ3v) is 20.4. The zero-order valence-corrected chi connectivity index (χ0v) is 64.8. The van der Waals surface area contributed by atoms with Crippen molar-refractivity contribution in [3.63, 3.8) is 0 Å². The molecule has 0 fully saturated rings. The summed E-state index contributed by atoms with van der Waals surface area (Å²) in [5, 5.41) is 10.6. The van der Waals surface area contributed by atoms with Crippen LogP contribution < -0.4 is 0 Å². The predicted molar refractivity (Wildman–Crippen MR) is 391 cm³/mol. The van der Waals surface area contributed by atoms with Crippen molar-refractivity contribution >= 4 is 39.5 Å². The Balaban J connectivity index is 5.26. The molecule has 0 amide bonds. The SMILES string of the molecule is CCC(C)CCCCCCCCCCCCC(=O)O[C@H](COC(=O)CCCCCCCCC(C)CC)COP(=O)(O)OC[C@H](O)COP(=O)(O)OC[C@@H](COC(=O)CCCCCCCCCCCCCCCCC(C)C)OC(=O)CCCCCCCCCCCCCCC(C)C. The molecule has 0 saturated carbocycles. The lowest BCUT2D eigenvalue weighted by Crippen LogP contribution is -2.30. The van der Waals surface area contributed by atoms with Crippen LogP contribution in [0.15, 0.2) is 0 Å². The van der Waals surface area contributed by atoms with Crippen LogP contribution in [0, 0.1) is 23.7 Å². The van der Waals surface area contributed by atoms with Crippen molar-refractivity contribution in [1.29, 1.82) is 0 Å². The summed E-state index contributed by atoms with van der Waals surface area (Å²) in [6, 6.07) is 0. The van der Waals surface area contributed by atoms with E-state index < -0.39 is 97.5 Å². The molecule has 4 unspecified atom stereocenters. The molecule has 570 valence electrons. The van der Waals surface area contributed by atoms with E-state index in [1.54, 1.807) is 0 Å². The molecule has 0 saturated heterocycles. The van der Waals surface area contributed by atoms with Gasteiger partial charge in [0.2, 0.25) is 0 Å². The van der Waals surface area contributed by atoms with Gasteiger partial charge in [-0.25, -0.2) is 9.13 Å². The average molecular weight is 1410 g/mol. The van der Waals surface area contributed by atoms with Crippen LogP contribution in [0.5, 0.6) is 0 Å². The van der Waals surface area contributed by atoms with Crippen molar-refractivity contribution in [2.75, 3.05) is 39.6 Å². The van der Waals surface area contributed by atoms with Crippen LogP contribution in [0.4, 0.5) is 0 Å². The fraction of sp³-hybridized carbons (Fsp3) is 0.948. The molecule has 19 heteroatoms. The third-order valence-electron chi connectivity index (χ3n) is 18.5. The maximum absolute atomic E-state index is 13.1. The summed E-state index contributed by atoms with van der Waals surface area (Å²) in [4.78, 5) is 72.9. The van der Waals surface area contributed by atoms with Crippen molar-refractivity contribution in [3.8, 4) is 0 Å². The van der Waals surface area contributed by atoms with E-state index in [-0.39, 0.29) is 25.7 Å². The van der Waals surface area contributed by atoms with Gasteiger partial charge in [-0.15, -0.1) is 0 Å². The quantitative estimate of drug-likeness (QED) is 0.0222. The van der Waals surface area contributed by atoms with Crippen molar-refractivity contribution < 1.29 is 80.2 Å². The molecule has 0 spiro atoms. The van der Waals surface area contributed by atoms with E-state index in [2.05, 4.69) is 55.4 Å². The monoisotopic (exact) mass is 1410 g/mol. The summed E-state index contributed by atoms with van der Waals surface area (Å²) in [7, 11) is -9.92. The second-order valence-electron chi connectivity index (χ2n) is 29.2. The Bertz CT molecular complexity index is 1890. The number of ether oxygens (including phenoxy) is 4. The number of phosphoric ester groups is 2. The highest BCUT2D eigenvalue weighted by molar-refractivity contribution is 7.47. The van der Waals surface area contributed by atoms with Gasteiger partial charge in [0.05, 0.1) is 26.4 Å². The molecular weight excluding hydrogens is 1260 g/mol. The minimum absolute atomic E-state index is 0.105. The van der Waals surface area contributed by atoms with E-state index in [0.29, 0.717) is 25.7 Å². The van der Waals surface area contributed by atoms with Crippen LogP contribution in [-0.4, -0.2) is 96.7 Å². The van der Waals surface area contributed by atoms with Gasteiger partial charge < -0.3 is 33.8 Å². The minimum Gasteiger partial charge on any atom is -0.462 e. The lowest BCUT2D eigenvalue weighted by molar-refractivity contribution is -0.161. The molecule has 17 nitrogen and oxygen atoms in total. The molecule has 0 aromatic heterocycles. The standard InChI is InChI=1S/C77H150O17P2/c1-9-69(7)55-47-39-31-25-21-22-28-34-44-52-60-77(82)94-73(64-88-75(80)58-50-42-36-35-40-48-56-70(8)10-2)66-92-96(85,86)90-62-71(78)61-89-95(83,84)91-65-72(93-76(81)59-51-43-33-27-20-16-15-18-24-30-38-46-54-68(5)6)63-87-74(79)57-49-41-32-26-19-14-12-11-13-17-23-29-37-45-53-67(3)4/h67-73,78H,9-66H2,1-8H3,(H,83,84)(H,85,86)/t69?,70?,71-,72-,73-/m1/s1. The largest absolute Gasteiger partial charge is 0.472 e. The number of carbonyl (C=O) groups excluding carboxylic acids is 4. The van der Waals surface area contributed by atoms with Crippen LogP contribution in [0.25, 0.3) is 0 Å². The fourth-order valence-electron chi connectivity index (χ4n) is 11.7. The molecule has 0 radical (unpaired) electrons. The van der Waals surface area contributed by atoms with Gasteiger partial charge in [-0.05, 0) is 49.4 Å². The first-order chi connectivity index (χ1) is 46.2. The van der Waals surface area contributed by atoms with Crippen molar-refractivity contribution in [3.05, 3.63) is 0 Å². The molecule has 3 N–H and O–H groups in total. The summed E-state index contributed by atoms with van der Waals surface area (Å²) in [6.45, 7) is 14.2. The number of esters is 4. The van der Waals surface area contributed by atoms with Gasteiger partial charge >= 0.3 is 39.5 Å². The van der Waals surface area contributed by atoms with Gasteiger partial charge in [0, 0.05) is 25.7 Å². The molecule has 96 heavy (non-hydrogen) atoms. The van der Waals surface area contributed by atoms with E-state index in [9.17, 15) is 43.2 Å². The van der Waals surface area contributed by atoms with Gasteiger partial charge in [0.15, 0.2) is 12.2 Å². The van der Waals surface area contributed by atoms with Crippen LogP contribution in [0.2, 0.25) is 0 Å². The smallest absolute Gasteiger partial charge is 0.462 e. The molecule has 0 aromatic rings. The number of rotatable bonds is 74. The summed E-state index contributed by atoms with van der Waals surface area (Å²) in [6.07, 6.45) is 51.2. The minimum atomic E-state index is -4.96. The second-order valence-corrected chi connectivity index (χ2v) is 32.1. The number of aliphatic hydroxyl groups is 1. The normalized spacial score (nSPS) is 14.7. The van der Waals surface area contributed by atoms with E-state index in [1.807, 2.05) is 0 Å². The van der Waals surface area contributed by atoms with Crippen molar-refractivity contribution in [2.45, 2.75) is 408 Å². The third kappa shape index (κ3) is 67.9. The van der Waals surface area contributed by atoms with Gasteiger partial charge in [-0.3, -0.25) is 37.3 Å². The van der Waals surface area contributed by atoms with Crippen LogP contribution in [0.3, 0.4) is 0 Å². The highest BCUT2D eigenvalue weighted by Gasteiger charge is 2.30. The van der Waals surface area contributed by atoms with E-state index >= 15 is 0 Å². The van der Waals surface area contributed by atoms with Crippen LogP contribution >= 0.6 is 15.6 Å². The molecule has 0 aliphatic carbocycles. The predicted octanol–water partition coefficient (Wildman–Crippen LogP) is 22.4. The van der Waals surface area contributed by atoms with Gasteiger partial charge in [0.25, 0.3) is 0 Å². The second kappa shape index (κ2) is 66.3. The number of unbranched alkanes of at least 4 members (excludes halogenated alkanes) is 38. The first-order valence-corrected chi connectivity index (χ1v) is 42.8. The first kappa shape index (κ1) is 94.1. The Hall–Kier alpha value is -1.94. The Labute approximate surface area is 588 Å². The Morgan fingerprint density at radius 3 is 0.740 bits per heavy atom. The van der Waals surface area contributed by atoms with Crippen molar-refractivity contribution in [2.24, 2.45) is 23.7 Å². The maximum Gasteiger partial charge on any atom is 0.472 e. The summed E-state index contributed by atoms with van der Waals surface area (Å²) >= 11 is 0. The molecule has 0 rings (SSSR count). The van der Waals surface area contributed by atoms with E-state index in [4.69, 9.17) is 37.0 Å². The first-order valence-electron chi connectivity index (χ1n) is 39.8. The number of hydrogen-bond donors (Lipinski definition) is 3. The molecule has 0 bridgehead atoms. The van der Waals surface area contributed by atoms with Gasteiger partial charge in [-0.1, -0.05) is 338 Å². The van der Waals surface area contributed by atoms with Gasteiger partial charge in [0.1, 0.15) is 19.3 Å². The lowest BCUT2D eigenvalue weighted by Gasteiger charge is -2.21. The Morgan fingerprint density at radius 1 is 0.292 bits per heavy atom. The zero-order valence-electron chi connectivity index (χ0n) is 63.0. The lowest BCUT2D eigenvalue weighted by atomic mass is 9.99. The van der Waals surface area contributed by atoms with E-state index in [1.165, 1.54) is 186 Å². The number of carbonyl (C=O) groups is 4. The Kier molecular flexibility index (Phi) is 65.0. The highest BCUT2D eigenvalue weighted by atomic mass is 31.2. The van der Waals surface area contributed by atoms with Crippen LogP contribution in [-0.2, 0) is 65.4 Å². The van der Waals surface area contributed by atoms with Crippen LogP contribution in [0.1, 0.15) is 389 Å². The molecule has 7 atom stereocenters. The fourth-order valence-corrected chi connectivity index (χ4v) is 13.2. The summed E-state index contributed by atoms with van der Waals surface area (Å²) < 4.78 is 68.6. The summed E-state index contributed by atoms with van der Waals surface area (Å²) in [5.41, 5.74) is 0. The number of aliphatic hydroxyl groups excluding tert-OH is 1. The maximum atomic E-state index is 13.1. The number of phosphoric acid groups is 2. The number of hydrogen-bond acceptors (Lipinski definition) is 15. The van der Waals surface area contributed by atoms with E-state index in [0.717, 1.165) is 120 Å². The van der Waals surface area contributed by atoms with Gasteiger partial charge in [-0.2, -0.15) is 0 Å². The summed E-state index contributed by atoms with van der Waals surface area (Å²) in [5.74, 6) is 0.990. The molecule has 0 aromatic carbocycles. The molecule has 0 aliphatic heterocycles. The van der Waals surface area contributed by atoms with Crippen molar-refractivity contribution in [1.82, 2.24) is 0 Å². The molecule has 0 aliphatic rings. The zero-order chi connectivity index (χ0) is 71.0.